The Hall–Kier alpha value is -3.14. The molecular weight excluding hydrogens is 290 g/mol. The normalized spacial score (nSPS) is 10.3. The van der Waals surface area contributed by atoms with E-state index >= 15 is 0 Å². The van der Waals surface area contributed by atoms with E-state index in [2.05, 4.69) is 5.32 Å². The van der Waals surface area contributed by atoms with Crippen molar-refractivity contribution in [3.8, 4) is 0 Å². The maximum atomic E-state index is 11.8. The Morgan fingerprint density at radius 3 is 2.48 bits per heavy atom. The number of anilines is 1. The summed E-state index contributed by atoms with van der Waals surface area (Å²) >= 11 is 0. The SMILES string of the molecule is O=[C]c1ccc2cc(NC(=O)OCc3ccccc3)ccc2c1. The number of nitrogens with one attached hydrogen (secondary N) is 1. The fourth-order valence-electron chi connectivity index (χ4n) is 2.26. The molecule has 3 aromatic rings. The average molecular weight is 304 g/mol. The zero-order valence-electron chi connectivity index (χ0n) is 12.3. The van der Waals surface area contributed by atoms with Crippen LogP contribution in [0.15, 0.2) is 66.7 Å². The number of rotatable bonds is 4. The van der Waals surface area contributed by atoms with Gasteiger partial charge in [0.2, 0.25) is 6.29 Å². The zero-order chi connectivity index (χ0) is 16.1. The molecule has 1 radical (unpaired) electrons. The molecule has 0 aromatic heterocycles. The third kappa shape index (κ3) is 3.74. The molecule has 23 heavy (non-hydrogen) atoms. The number of benzene rings is 3. The maximum absolute atomic E-state index is 11.8. The van der Waals surface area contributed by atoms with E-state index in [9.17, 15) is 9.59 Å². The summed E-state index contributed by atoms with van der Waals surface area (Å²) in [5.74, 6) is 0. The highest BCUT2D eigenvalue weighted by molar-refractivity contribution is 5.93. The topological polar surface area (TPSA) is 55.4 Å². The largest absolute Gasteiger partial charge is 0.444 e. The van der Waals surface area contributed by atoms with Gasteiger partial charge in [0.25, 0.3) is 0 Å². The number of ether oxygens (including phenoxy) is 1. The Kier molecular flexibility index (Phi) is 4.34. The lowest BCUT2D eigenvalue weighted by atomic mass is 10.1. The third-order valence-electron chi connectivity index (χ3n) is 3.42. The number of carbonyl (C=O) groups is 1. The number of carbonyl (C=O) groups excluding carboxylic acids is 2. The van der Waals surface area contributed by atoms with Gasteiger partial charge in [-0.2, -0.15) is 0 Å². The summed E-state index contributed by atoms with van der Waals surface area (Å²) in [5.41, 5.74) is 2.07. The van der Waals surface area contributed by atoms with Crippen molar-refractivity contribution in [3.05, 3.63) is 77.9 Å². The fourth-order valence-corrected chi connectivity index (χ4v) is 2.26. The van der Waals surface area contributed by atoms with Crippen LogP contribution >= 0.6 is 0 Å². The van der Waals surface area contributed by atoms with Crippen LogP contribution in [0.2, 0.25) is 0 Å². The van der Waals surface area contributed by atoms with Gasteiger partial charge in [0.1, 0.15) is 6.61 Å². The second-order valence-corrected chi connectivity index (χ2v) is 5.07. The zero-order valence-corrected chi connectivity index (χ0v) is 12.3. The van der Waals surface area contributed by atoms with Gasteiger partial charge in [-0.15, -0.1) is 0 Å². The van der Waals surface area contributed by atoms with Crippen LogP contribution in [-0.2, 0) is 16.1 Å². The van der Waals surface area contributed by atoms with Crippen molar-refractivity contribution in [2.45, 2.75) is 6.61 Å². The van der Waals surface area contributed by atoms with Crippen LogP contribution in [0.1, 0.15) is 11.1 Å². The van der Waals surface area contributed by atoms with Crippen LogP contribution in [0.4, 0.5) is 10.5 Å². The molecule has 1 N–H and O–H groups in total. The molecule has 0 saturated carbocycles. The van der Waals surface area contributed by atoms with Gasteiger partial charge in [-0.3, -0.25) is 10.1 Å². The van der Waals surface area contributed by atoms with E-state index in [4.69, 9.17) is 4.74 Å². The van der Waals surface area contributed by atoms with Gasteiger partial charge >= 0.3 is 6.09 Å². The molecule has 3 aromatic carbocycles. The molecule has 0 aliphatic rings. The highest BCUT2D eigenvalue weighted by Gasteiger charge is 2.05. The van der Waals surface area contributed by atoms with Crippen molar-refractivity contribution in [1.82, 2.24) is 0 Å². The Balaban J connectivity index is 1.66. The predicted octanol–water partition coefficient (Wildman–Crippen LogP) is 4.05. The second-order valence-electron chi connectivity index (χ2n) is 5.07. The molecule has 0 bridgehead atoms. The van der Waals surface area contributed by atoms with E-state index in [0.717, 1.165) is 16.3 Å². The molecule has 0 aliphatic heterocycles. The van der Waals surface area contributed by atoms with E-state index in [-0.39, 0.29) is 6.61 Å². The summed E-state index contributed by atoms with van der Waals surface area (Å²) in [5, 5.41) is 4.53. The van der Waals surface area contributed by atoms with Crippen LogP contribution in [0.5, 0.6) is 0 Å². The Morgan fingerprint density at radius 1 is 0.957 bits per heavy atom. The number of hydrogen-bond acceptors (Lipinski definition) is 3. The van der Waals surface area contributed by atoms with Crippen LogP contribution in [0.25, 0.3) is 10.8 Å². The highest BCUT2D eigenvalue weighted by atomic mass is 16.5. The molecular formula is C19H14NO3. The van der Waals surface area contributed by atoms with E-state index in [0.29, 0.717) is 11.3 Å². The van der Waals surface area contributed by atoms with Crippen molar-refractivity contribution >= 4 is 28.8 Å². The summed E-state index contributed by atoms with van der Waals surface area (Å²) in [6.07, 6.45) is 1.35. The van der Waals surface area contributed by atoms with Gasteiger partial charge in [0.15, 0.2) is 0 Å². The highest BCUT2D eigenvalue weighted by Crippen LogP contribution is 2.20. The molecule has 0 fully saturated rings. The predicted molar refractivity (Wildman–Crippen MR) is 89.0 cm³/mol. The van der Waals surface area contributed by atoms with Gasteiger partial charge < -0.3 is 4.74 Å². The minimum atomic E-state index is -0.508. The maximum Gasteiger partial charge on any atom is 0.411 e. The van der Waals surface area contributed by atoms with Crippen LogP contribution in [0.3, 0.4) is 0 Å². The molecule has 0 atom stereocenters. The van der Waals surface area contributed by atoms with Gasteiger partial charge in [0, 0.05) is 11.3 Å². The smallest absolute Gasteiger partial charge is 0.411 e. The first kappa shape index (κ1) is 14.8. The minimum Gasteiger partial charge on any atom is -0.444 e. The van der Waals surface area contributed by atoms with Crippen molar-refractivity contribution in [2.24, 2.45) is 0 Å². The fraction of sp³-hybridized carbons (Fsp3) is 0.0526. The average Bonchev–Trinajstić information content (AvgIpc) is 2.60. The van der Waals surface area contributed by atoms with E-state index in [1.54, 1.807) is 18.2 Å². The quantitative estimate of drug-likeness (QED) is 0.791. The molecule has 0 saturated heterocycles. The lowest BCUT2D eigenvalue weighted by molar-refractivity contribution is 0.155. The minimum absolute atomic E-state index is 0.221. The first-order valence-corrected chi connectivity index (χ1v) is 7.14. The lowest BCUT2D eigenvalue weighted by Gasteiger charge is -2.08. The van der Waals surface area contributed by atoms with E-state index < -0.39 is 6.09 Å². The summed E-state index contributed by atoms with van der Waals surface area (Å²) in [6, 6.07) is 20.2. The number of hydrogen-bond donors (Lipinski definition) is 1. The molecule has 0 aliphatic carbocycles. The van der Waals surface area contributed by atoms with Crippen molar-refractivity contribution < 1.29 is 14.3 Å². The summed E-state index contributed by atoms with van der Waals surface area (Å²) < 4.78 is 5.18. The monoisotopic (exact) mass is 304 g/mol. The molecule has 0 spiro atoms. The van der Waals surface area contributed by atoms with E-state index in [1.807, 2.05) is 54.8 Å². The van der Waals surface area contributed by atoms with Crippen LogP contribution in [-0.4, -0.2) is 12.4 Å². The van der Waals surface area contributed by atoms with Gasteiger partial charge in [-0.1, -0.05) is 48.5 Å². The summed E-state index contributed by atoms with van der Waals surface area (Å²) in [6.45, 7) is 0.221. The Morgan fingerprint density at radius 2 is 1.70 bits per heavy atom. The molecule has 0 heterocycles. The van der Waals surface area contributed by atoms with E-state index in [1.165, 1.54) is 0 Å². The van der Waals surface area contributed by atoms with Gasteiger partial charge in [0.05, 0.1) is 0 Å². The summed E-state index contributed by atoms with van der Waals surface area (Å²) in [7, 11) is 0. The molecule has 3 rings (SSSR count). The number of fused-ring (bicyclic) bond motifs is 1. The van der Waals surface area contributed by atoms with Crippen LogP contribution in [0, 0.1) is 0 Å². The molecule has 1 amide bonds. The van der Waals surface area contributed by atoms with Crippen molar-refractivity contribution in [3.63, 3.8) is 0 Å². The van der Waals surface area contributed by atoms with Crippen molar-refractivity contribution in [1.29, 1.82) is 0 Å². The van der Waals surface area contributed by atoms with Gasteiger partial charge in [-0.25, -0.2) is 4.79 Å². The molecule has 4 nitrogen and oxygen atoms in total. The second kappa shape index (κ2) is 6.75. The first-order valence-electron chi connectivity index (χ1n) is 7.14. The standard InChI is InChI=1S/C19H14NO3/c21-12-15-6-7-17-11-18(9-8-16(17)10-15)20-19(22)23-13-14-4-2-1-3-5-14/h1-11H,13H2,(H,20,22). The first-order chi connectivity index (χ1) is 11.2. The Labute approximate surface area is 133 Å². The van der Waals surface area contributed by atoms with Gasteiger partial charge in [-0.05, 0) is 34.5 Å². The molecule has 0 unspecified atom stereocenters. The summed E-state index contributed by atoms with van der Waals surface area (Å²) in [4.78, 5) is 22.5. The van der Waals surface area contributed by atoms with Crippen molar-refractivity contribution in [2.75, 3.05) is 5.32 Å². The Bertz CT molecular complexity index is 844. The third-order valence-corrected chi connectivity index (χ3v) is 3.42. The lowest BCUT2D eigenvalue weighted by Crippen LogP contribution is -2.13. The number of amides is 1. The molecule has 4 heteroatoms. The van der Waals surface area contributed by atoms with Crippen LogP contribution < -0.4 is 5.32 Å². The molecule has 113 valence electrons.